The predicted molar refractivity (Wildman–Crippen MR) is 80.4 cm³/mol. The Hall–Kier alpha value is -1.55. The van der Waals surface area contributed by atoms with E-state index in [1.807, 2.05) is 49.9 Å². The zero-order valence-electron chi connectivity index (χ0n) is 12.4. The summed E-state index contributed by atoms with van der Waals surface area (Å²) in [6.07, 6.45) is 0. The maximum Gasteiger partial charge on any atom is 0.242 e. The Balaban J connectivity index is 2.77. The molecule has 0 atom stereocenters. The van der Waals surface area contributed by atoms with Crippen molar-refractivity contribution in [2.75, 3.05) is 38.6 Å². The van der Waals surface area contributed by atoms with Gasteiger partial charge in [0.1, 0.15) is 0 Å². The van der Waals surface area contributed by atoms with E-state index in [1.54, 1.807) is 0 Å². The number of benzene rings is 1. The van der Waals surface area contributed by atoms with Gasteiger partial charge in [-0.3, -0.25) is 4.79 Å². The van der Waals surface area contributed by atoms with Gasteiger partial charge in [0.15, 0.2) is 0 Å². The number of hydrogen-bond acceptors (Lipinski definition) is 3. The van der Waals surface area contributed by atoms with Crippen molar-refractivity contribution in [3.05, 3.63) is 29.8 Å². The number of rotatable bonds is 7. The molecule has 1 aromatic carbocycles. The molecule has 0 aliphatic heterocycles. The van der Waals surface area contributed by atoms with Gasteiger partial charge in [0.05, 0.1) is 6.54 Å². The molecule has 1 rings (SSSR count). The summed E-state index contributed by atoms with van der Waals surface area (Å²) in [6, 6.07) is 8.18. The summed E-state index contributed by atoms with van der Waals surface area (Å²) in [5.41, 5.74) is 2.32. The third-order valence-corrected chi connectivity index (χ3v) is 3.26. The SMILES string of the molecule is CCN(CC)C(=O)CN(C)c1ccccc1CNC. The number of nitrogens with zero attached hydrogens (tertiary/aromatic N) is 2. The normalized spacial score (nSPS) is 10.3. The highest BCUT2D eigenvalue weighted by molar-refractivity contribution is 5.81. The minimum absolute atomic E-state index is 0.173. The van der Waals surface area contributed by atoms with Gasteiger partial charge in [-0.15, -0.1) is 0 Å². The highest BCUT2D eigenvalue weighted by Crippen LogP contribution is 2.18. The van der Waals surface area contributed by atoms with Crippen LogP contribution in [0.2, 0.25) is 0 Å². The molecule has 1 N–H and O–H groups in total. The smallest absolute Gasteiger partial charge is 0.242 e. The Kier molecular flexibility index (Phi) is 6.36. The Labute approximate surface area is 116 Å². The highest BCUT2D eigenvalue weighted by Gasteiger charge is 2.14. The van der Waals surface area contributed by atoms with Crippen molar-refractivity contribution < 1.29 is 4.79 Å². The number of anilines is 1. The molecular formula is C15H25N3O. The third-order valence-electron chi connectivity index (χ3n) is 3.26. The first-order valence-electron chi connectivity index (χ1n) is 6.85. The fraction of sp³-hybridized carbons (Fsp3) is 0.533. The number of hydrogen-bond donors (Lipinski definition) is 1. The first-order valence-corrected chi connectivity index (χ1v) is 6.85. The molecule has 1 amide bonds. The molecule has 0 spiro atoms. The Bertz CT molecular complexity index is 402. The highest BCUT2D eigenvalue weighted by atomic mass is 16.2. The molecule has 0 radical (unpaired) electrons. The van der Waals surface area contributed by atoms with E-state index in [1.165, 1.54) is 5.56 Å². The second-order valence-corrected chi connectivity index (χ2v) is 4.58. The lowest BCUT2D eigenvalue weighted by molar-refractivity contribution is -0.129. The number of carbonyl (C=O) groups is 1. The predicted octanol–water partition coefficient (Wildman–Crippen LogP) is 1.71. The van der Waals surface area contributed by atoms with E-state index < -0.39 is 0 Å². The molecule has 19 heavy (non-hydrogen) atoms. The number of amides is 1. The van der Waals surface area contributed by atoms with Crippen LogP contribution in [0.5, 0.6) is 0 Å². The average Bonchev–Trinajstić information content (AvgIpc) is 2.41. The topological polar surface area (TPSA) is 35.6 Å². The lowest BCUT2D eigenvalue weighted by Crippen LogP contribution is -2.39. The van der Waals surface area contributed by atoms with Gasteiger partial charge < -0.3 is 15.1 Å². The van der Waals surface area contributed by atoms with E-state index in [0.29, 0.717) is 6.54 Å². The first-order chi connectivity index (χ1) is 9.13. The molecule has 106 valence electrons. The largest absolute Gasteiger partial charge is 0.365 e. The fourth-order valence-corrected chi connectivity index (χ4v) is 2.19. The van der Waals surface area contributed by atoms with Crippen LogP contribution in [-0.2, 0) is 11.3 Å². The molecule has 4 nitrogen and oxygen atoms in total. The minimum atomic E-state index is 0.173. The summed E-state index contributed by atoms with van der Waals surface area (Å²) in [5, 5.41) is 3.16. The van der Waals surface area contributed by atoms with Crippen LogP contribution in [-0.4, -0.2) is 44.5 Å². The van der Waals surface area contributed by atoms with Crippen molar-refractivity contribution in [2.45, 2.75) is 20.4 Å². The molecular weight excluding hydrogens is 238 g/mol. The van der Waals surface area contributed by atoms with Crippen LogP contribution in [0.1, 0.15) is 19.4 Å². The average molecular weight is 263 g/mol. The van der Waals surface area contributed by atoms with Crippen molar-refractivity contribution in [3.8, 4) is 0 Å². The maximum atomic E-state index is 12.1. The van der Waals surface area contributed by atoms with Crippen LogP contribution in [0.4, 0.5) is 5.69 Å². The van der Waals surface area contributed by atoms with Gasteiger partial charge in [0.25, 0.3) is 0 Å². The van der Waals surface area contributed by atoms with Crippen LogP contribution >= 0.6 is 0 Å². The van der Waals surface area contributed by atoms with Crippen LogP contribution in [0.15, 0.2) is 24.3 Å². The standard InChI is InChI=1S/C15H25N3O/c1-5-18(6-2)15(19)12-17(4)14-10-8-7-9-13(14)11-16-3/h7-10,16H,5-6,11-12H2,1-4H3. The number of para-hydroxylation sites is 1. The summed E-state index contributed by atoms with van der Waals surface area (Å²) < 4.78 is 0. The molecule has 0 fully saturated rings. The van der Waals surface area contributed by atoms with E-state index in [9.17, 15) is 4.79 Å². The van der Waals surface area contributed by atoms with Crippen LogP contribution in [0.3, 0.4) is 0 Å². The van der Waals surface area contributed by atoms with E-state index in [0.717, 1.165) is 25.3 Å². The summed E-state index contributed by atoms with van der Waals surface area (Å²) in [4.78, 5) is 16.0. The molecule has 0 unspecified atom stereocenters. The summed E-state index contributed by atoms with van der Waals surface area (Å²) in [6.45, 7) is 6.78. The Morgan fingerprint density at radius 2 is 1.84 bits per heavy atom. The number of carbonyl (C=O) groups excluding carboxylic acids is 1. The molecule has 0 aliphatic carbocycles. The molecule has 4 heteroatoms. The van der Waals surface area contributed by atoms with Crippen LogP contribution in [0.25, 0.3) is 0 Å². The lowest BCUT2D eigenvalue weighted by Gasteiger charge is -2.26. The Morgan fingerprint density at radius 3 is 2.42 bits per heavy atom. The third kappa shape index (κ3) is 4.24. The van der Waals surface area contributed by atoms with Crippen molar-refractivity contribution in [1.29, 1.82) is 0 Å². The van der Waals surface area contributed by atoms with E-state index in [-0.39, 0.29) is 5.91 Å². The van der Waals surface area contributed by atoms with Gasteiger partial charge in [-0.2, -0.15) is 0 Å². The van der Waals surface area contributed by atoms with Crippen molar-refractivity contribution >= 4 is 11.6 Å². The first kappa shape index (κ1) is 15.5. The van der Waals surface area contributed by atoms with Crippen LogP contribution < -0.4 is 10.2 Å². The Morgan fingerprint density at radius 1 is 1.21 bits per heavy atom. The van der Waals surface area contributed by atoms with Gasteiger partial charge in [0, 0.05) is 32.4 Å². The van der Waals surface area contributed by atoms with Gasteiger partial charge in [-0.25, -0.2) is 0 Å². The molecule has 0 aromatic heterocycles. The number of nitrogens with one attached hydrogen (secondary N) is 1. The van der Waals surface area contributed by atoms with Crippen LogP contribution in [0, 0.1) is 0 Å². The van der Waals surface area contributed by atoms with Crippen molar-refractivity contribution in [2.24, 2.45) is 0 Å². The maximum absolute atomic E-state index is 12.1. The van der Waals surface area contributed by atoms with Gasteiger partial charge in [-0.05, 0) is 32.5 Å². The second-order valence-electron chi connectivity index (χ2n) is 4.58. The van der Waals surface area contributed by atoms with Gasteiger partial charge >= 0.3 is 0 Å². The zero-order chi connectivity index (χ0) is 14.3. The van der Waals surface area contributed by atoms with Crippen molar-refractivity contribution in [3.63, 3.8) is 0 Å². The summed E-state index contributed by atoms with van der Waals surface area (Å²) in [5.74, 6) is 0.173. The van der Waals surface area contributed by atoms with Crippen molar-refractivity contribution in [1.82, 2.24) is 10.2 Å². The molecule has 0 heterocycles. The van der Waals surface area contributed by atoms with E-state index >= 15 is 0 Å². The van der Waals surface area contributed by atoms with E-state index in [2.05, 4.69) is 17.4 Å². The molecule has 0 saturated carbocycles. The summed E-state index contributed by atoms with van der Waals surface area (Å²) >= 11 is 0. The fourth-order valence-electron chi connectivity index (χ4n) is 2.19. The van der Waals surface area contributed by atoms with Gasteiger partial charge in [0.2, 0.25) is 5.91 Å². The monoisotopic (exact) mass is 263 g/mol. The van der Waals surface area contributed by atoms with Gasteiger partial charge in [-0.1, -0.05) is 18.2 Å². The molecule has 0 aliphatic rings. The molecule has 0 bridgehead atoms. The minimum Gasteiger partial charge on any atom is -0.365 e. The number of likely N-dealkylation sites (N-methyl/N-ethyl adjacent to an activating group) is 2. The molecule has 1 aromatic rings. The quantitative estimate of drug-likeness (QED) is 0.813. The lowest BCUT2D eigenvalue weighted by atomic mass is 10.1. The zero-order valence-corrected chi connectivity index (χ0v) is 12.4. The van der Waals surface area contributed by atoms with E-state index in [4.69, 9.17) is 0 Å². The second kappa shape index (κ2) is 7.79. The molecule has 0 saturated heterocycles. The summed E-state index contributed by atoms with van der Waals surface area (Å²) in [7, 11) is 3.90.